The van der Waals surface area contributed by atoms with E-state index < -0.39 is 0 Å². The molecule has 3 aromatic rings. The Labute approximate surface area is 105 Å². The fraction of sp³-hybridized carbons (Fsp3) is 0.143. The van der Waals surface area contributed by atoms with Gasteiger partial charge < -0.3 is 9.73 Å². The fourth-order valence-corrected chi connectivity index (χ4v) is 1.92. The highest BCUT2D eigenvalue weighted by Gasteiger charge is 2.10. The summed E-state index contributed by atoms with van der Waals surface area (Å²) in [6, 6.07) is 9.74. The molecule has 1 aromatic carbocycles. The van der Waals surface area contributed by atoms with Crippen molar-refractivity contribution in [3.63, 3.8) is 0 Å². The van der Waals surface area contributed by atoms with Crippen LogP contribution in [0.4, 0.5) is 5.82 Å². The summed E-state index contributed by atoms with van der Waals surface area (Å²) in [7, 11) is 0. The molecule has 18 heavy (non-hydrogen) atoms. The molecule has 0 spiro atoms. The number of anilines is 1. The Hall–Kier alpha value is -2.36. The van der Waals surface area contributed by atoms with Gasteiger partial charge in [-0.15, -0.1) is 0 Å². The van der Waals surface area contributed by atoms with Crippen LogP contribution in [0.1, 0.15) is 6.92 Å². The summed E-state index contributed by atoms with van der Waals surface area (Å²) in [5.41, 5.74) is 1.77. The molecule has 0 bridgehead atoms. The van der Waals surface area contributed by atoms with Crippen molar-refractivity contribution in [3.05, 3.63) is 42.8 Å². The van der Waals surface area contributed by atoms with E-state index in [1.165, 1.54) is 0 Å². The zero-order chi connectivity index (χ0) is 12.4. The summed E-state index contributed by atoms with van der Waals surface area (Å²) >= 11 is 0. The Kier molecular flexibility index (Phi) is 2.68. The lowest BCUT2D eigenvalue weighted by Crippen LogP contribution is -2.00. The third kappa shape index (κ3) is 1.82. The molecule has 0 amide bonds. The van der Waals surface area contributed by atoms with Crippen molar-refractivity contribution in [2.75, 3.05) is 11.9 Å². The van der Waals surface area contributed by atoms with Crippen LogP contribution in [0.25, 0.3) is 22.4 Å². The van der Waals surface area contributed by atoms with Crippen molar-refractivity contribution in [1.29, 1.82) is 0 Å². The highest BCUT2D eigenvalue weighted by Crippen LogP contribution is 2.28. The first-order valence-corrected chi connectivity index (χ1v) is 5.92. The van der Waals surface area contributed by atoms with E-state index in [9.17, 15) is 0 Å². The lowest BCUT2D eigenvalue weighted by molar-refractivity contribution is 0.616. The summed E-state index contributed by atoms with van der Waals surface area (Å²) in [5, 5.41) is 4.21. The van der Waals surface area contributed by atoms with Gasteiger partial charge in [0.1, 0.15) is 17.7 Å². The van der Waals surface area contributed by atoms with Gasteiger partial charge in [-0.1, -0.05) is 18.2 Å². The molecule has 0 saturated heterocycles. The van der Waals surface area contributed by atoms with E-state index in [2.05, 4.69) is 15.3 Å². The van der Waals surface area contributed by atoms with E-state index in [1.54, 1.807) is 12.5 Å². The first-order valence-electron chi connectivity index (χ1n) is 5.92. The van der Waals surface area contributed by atoms with Crippen LogP contribution in [0.15, 0.2) is 47.2 Å². The third-order valence-electron chi connectivity index (χ3n) is 2.74. The van der Waals surface area contributed by atoms with Crippen molar-refractivity contribution < 1.29 is 4.42 Å². The van der Waals surface area contributed by atoms with Gasteiger partial charge in [0, 0.05) is 18.1 Å². The minimum atomic E-state index is 0.679. The SMILES string of the molecule is CCNc1ccnc(-c2coc3ccccc23)n1. The lowest BCUT2D eigenvalue weighted by Gasteiger charge is -2.03. The van der Waals surface area contributed by atoms with Crippen molar-refractivity contribution in [2.45, 2.75) is 6.92 Å². The first kappa shape index (κ1) is 10.8. The number of nitrogens with zero attached hydrogens (tertiary/aromatic N) is 2. The van der Waals surface area contributed by atoms with Crippen LogP contribution in [0.3, 0.4) is 0 Å². The predicted molar refractivity (Wildman–Crippen MR) is 71.4 cm³/mol. The lowest BCUT2D eigenvalue weighted by atomic mass is 10.1. The molecule has 3 rings (SSSR count). The predicted octanol–water partition coefficient (Wildman–Crippen LogP) is 3.32. The number of benzene rings is 1. The van der Waals surface area contributed by atoms with Crippen molar-refractivity contribution >= 4 is 16.8 Å². The molecule has 0 aliphatic rings. The smallest absolute Gasteiger partial charge is 0.165 e. The van der Waals surface area contributed by atoms with Crippen LogP contribution < -0.4 is 5.32 Å². The molecule has 0 fully saturated rings. The summed E-state index contributed by atoms with van der Waals surface area (Å²) in [4.78, 5) is 8.78. The van der Waals surface area contributed by atoms with E-state index in [4.69, 9.17) is 4.42 Å². The maximum atomic E-state index is 5.50. The van der Waals surface area contributed by atoms with E-state index in [-0.39, 0.29) is 0 Å². The summed E-state index contributed by atoms with van der Waals surface area (Å²) in [5.74, 6) is 1.51. The number of hydrogen-bond donors (Lipinski definition) is 1. The second-order valence-electron chi connectivity index (χ2n) is 3.94. The second kappa shape index (κ2) is 4.49. The molecular formula is C14H13N3O. The Balaban J connectivity index is 2.11. The molecular weight excluding hydrogens is 226 g/mol. The first-order chi connectivity index (χ1) is 8.88. The van der Waals surface area contributed by atoms with Gasteiger partial charge in [-0.25, -0.2) is 9.97 Å². The third-order valence-corrected chi connectivity index (χ3v) is 2.74. The van der Waals surface area contributed by atoms with Crippen LogP contribution in [-0.4, -0.2) is 16.5 Å². The van der Waals surface area contributed by atoms with Crippen LogP contribution in [-0.2, 0) is 0 Å². The minimum absolute atomic E-state index is 0.679. The number of rotatable bonds is 3. The van der Waals surface area contributed by atoms with Crippen LogP contribution in [0.5, 0.6) is 0 Å². The van der Waals surface area contributed by atoms with E-state index >= 15 is 0 Å². The molecule has 2 heterocycles. The summed E-state index contributed by atoms with van der Waals surface area (Å²) < 4.78 is 5.50. The normalized spacial score (nSPS) is 10.7. The molecule has 4 nitrogen and oxygen atoms in total. The van der Waals surface area contributed by atoms with E-state index in [0.29, 0.717) is 5.82 Å². The van der Waals surface area contributed by atoms with Crippen molar-refractivity contribution in [2.24, 2.45) is 0 Å². The average molecular weight is 239 g/mol. The van der Waals surface area contributed by atoms with Gasteiger partial charge in [-0.2, -0.15) is 0 Å². The van der Waals surface area contributed by atoms with Crippen molar-refractivity contribution in [3.8, 4) is 11.4 Å². The maximum Gasteiger partial charge on any atom is 0.165 e. The molecule has 0 radical (unpaired) electrons. The highest BCUT2D eigenvalue weighted by atomic mass is 16.3. The number of furan rings is 1. The Morgan fingerprint density at radius 2 is 2.11 bits per heavy atom. The average Bonchev–Trinajstić information content (AvgIpc) is 2.83. The zero-order valence-corrected chi connectivity index (χ0v) is 10.1. The van der Waals surface area contributed by atoms with Gasteiger partial charge in [0.25, 0.3) is 0 Å². The molecule has 0 aliphatic heterocycles. The molecule has 0 saturated carbocycles. The zero-order valence-electron chi connectivity index (χ0n) is 10.1. The van der Waals surface area contributed by atoms with Gasteiger partial charge in [0.15, 0.2) is 5.82 Å². The van der Waals surface area contributed by atoms with Crippen molar-refractivity contribution in [1.82, 2.24) is 9.97 Å². The quantitative estimate of drug-likeness (QED) is 0.761. The largest absolute Gasteiger partial charge is 0.464 e. The number of aromatic nitrogens is 2. The van der Waals surface area contributed by atoms with E-state index in [1.807, 2.05) is 37.3 Å². The van der Waals surface area contributed by atoms with Gasteiger partial charge in [-0.3, -0.25) is 0 Å². The van der Waals surface area contributed by atoms with E-state index in [0.717, 1.165) is 28.9 Å². The number of hydrogen-bond acceptors (Lipinski definition) is 4. The Morgan fingerprint density at radius 3 is 3.00 bits per heavy atom. The molecule has 0 atom stereocenters. The highest BCUT2D eigenvalue weighted by molar-refractivity contribution is 5.92. The topological polar surface area (TPSA) is 51.0 Å². The monoisotopic (exact) mass is 239 g/mol. The standard InChI is InChI=1S/C14H13N3O/c1-2-15-13-7-8-16-14(17-13)11-9-18-12-6-4-3-5-10(11)12/h3-9H,2H2,1H3,(H,15,16,17). The molecule has 0 unspecified atom stereocenters. The number of fused-ring (bicyclic) bond motifs is 1. The minimum Gasteiger partial charge on any atom is -0.464 e. The molecule has 4 heteroatoms. The molecule has 1 N–H and O–H groups in total. The summed E-state index contributed by atoms with van der Waals surface area (Å²) in [6.45, 7) is 2.87. The number of para-hydroxylation sites is 1. The Morgan fingerprint density at radius 1 is 1.22 bits per heavy atom. The van der Waals surface area contributed by atoms with Crippen LogP contribution in [0.2, 0.25) is 0 Å². The van der Waals surface area contributed by atoms with Gasteiger partial charge >= 0.3 is 0 Å². The van der Waals surface area contributed by atoms with Crippen LogP contribution in [0, 0.1) is 0 Å². The molecule has 0 aliphatic carbocycles. The molecule has 90 valence electrons. The van der Waals surface area contributed by atoms with Gasteiger partial charge in [0.2, 0.25) is 0 Å². The molecule has 2 aromatic heterocycles. The van der Waals surface area contributed by atoms with Crippen LogP contribution >= 0.6 is 0 Å². The maximum absolute atomic E-state index is 5.50. The second-order valence-corrected chi connectivity index (χ2v) is 3.94. The number of nitrogens with one attached hydrogen (secondary N) is 1. The van der Waals surface area contributed by atoms with Gasteiger partial charge in [0.05, 0.1) is 5.56 Å². The summed E-state index contributed by atoms with van der Waals surface area (Å²) in [6.07, 6.45) is 3.46. The fourth-order valence-electron chi connectivity index (χ4n) is 1.92. The van der Waals surface area contributed by atoms with Gasteiger partial charge in [-0.05, 0) is 19.1 Å². The Bertz CT molecular complexity index is 675.